The minimum absolute atomic E-state index is 0.0403. The molecule has 0 spiro atoms. The Morgan fingerprint density at radius 3 is 2.55 bits per heavy atom. The van der Waals surface area contributed by atoms with Gasteiger partial charge >= 0.3 is 5.97 Å². The van der Waals surface area contributed by atoms with Crippen LogP contribution < -0.4 is 0 Å². The van der Waals surface area contributed by atoms with E-state index in [0.29, 0.717) is 17.7 Å². The van der Waals surface area contributed by atoms with E-state index in [0.717, 1.165) is 5.56 Å². The highest BCUT2D eigenvalue weighted by Crippen LogP contribution is 2.25. The van der Waals surface area contributed by atoms with Crippen LogP contribution in [0.2, 0.25) is 0 Å². The highest BCUT2D eigenvalue weighted by Gasteiger charge is 2.20. The maximum absolute atomic E-state index is 12.4. The number of benzene rings is 2. The summed E-state index contributed by atoms with van der Waals surface area (Å²) in [5, 5.41) is 22.7. The molecule has 4 aromatic rings. The molecule has 2 aromatic heterocycles. The van der Waals surface area contributed by atoms with Crippen LogP contribution in [0.4, 0.5) is 5.69 Å². The van der Waals surface area contributed by atoms with Crippen LogP contribution in [-0.2, 0) is 11.3 Å². The van der Waals surface area contributed by atoms with Crippen molar-refractivity contribution in [1.29, 1.82) is 0 Å². The molecule has 0 bridgehead atoms. The van der Waals surface area contributed by atoms with Gasteiger partial charge in [-0.25, -0.2) is 4.79 Å². The Balaban J connectivity index is 1.39. The maximum Gasteiger partial charge on any atom is 0.338 e. The quantitative estimate of drug-likeness (QED) is 0.251. The molecular weight excluding hydrogens is 402 g/mol. The Hall–Kier alpha value is -4.34. The highest BCUT2D eigenvalue weighted by molar-refractivity contribution is 5.89. The minimum Gasteiger partial charge on any atom is -0.449 e. The number of hydrogen-bond donors (Lipinski definition) is 0. The predicted molar refractivity (Wildman–Crippen MR) is 108 cm³/mol. The molecule has 0 aliphatic rings. The second-order valence-electron chi connectivity index (χ2n) is 6.70. The van der Waals surface area contributed by atoms with Crippen LogP contribution in [0.1, 0.15) is 34.8 Å². The summed E-state index contributed by atoms with van der Waals surface area (Å²) in [6, 6.07) is 14.6. The molecule has 4 rings (SSSR count). The molecule has 0 fully saturated rings. The van der Waals surface area contributed by atoms with Crippen molar-refractivity contribution in [1.82, 2.24) is 20.0 Å². The summed E-state index contributed by atoms with van der Waals surface area (Å²) in [6.45, 7) is 2.23. The van der Waals surface area contributed by atoms with Gasteiger partial charge in [0.2, 0.25) is 5.89 Å². The van der Waals surface area contributed by atoms with Crippen LogP contribution in [0.25, 0.3) is 11.5 Å². The van der Waals surface area contributed by atoms with Crippen LogP contribution in [0.3, 0.4) is 0 Å². The molecular formula is C21H17N5O5. The second kappa shape index (κ2) is 8.57. The van der Waals surface area contributed by atoms with Crippen molar-refractivity contribution in [3.05, 3.63) is 94.1 Å². The van der Waals surface area contributed by atoms with Gasteiger partial charge in [0.1, 0.15) is 0 Å². The summed E-state index contributed by atoms with van der Waals surface area (Å²) in [5.74, 6) is -0.221. The maximum atomic E-state index is 12.4. The molecule has 0 aliphatic carbocycles. The number of hydrogen-bond acceptors (Lipinski definition) is 8. The standard InChI is InChI=1S/C21H17N5O5/c1-14(19-23-24-20(31-19)16-7-9-18(10-8-16)26(28)29)30-21(27)17-5-3-15(4-6-17)13-25-12-2-11-22-25/h2-12,14H,13H2,1H3. The molecule has 10 heteroatoms. The van der Waals surface area contributed by atoms with Gasteiger partial charge in [0, 0.05) is 30.1 Å². The molecule has 1 atom stereocenters. The molecule has 2 aromatic carbocycles. The Labute approximate surface area is 176 Å². The highest BCUT2D eigenvalue weighted by atomic mass is 16.6. The fraction of sp³-hybridized carbons (Fsp3) is 0.143. The van der Waals surface area contributed by atoms with Gasteiger partial charge < -0.3 is 9.15 Å². The average molecular weight is 419 g/mol. The summed E-state index contributed by atoms with van der Waals surface area (Å²) in [5.41, 5.74) is 1.88. The Kier molecular flexibility index (Phi) is 5.52. The van der Waals surface area contributed by atoms with E-state index in [4.69, 9.17) is 9.15 Å². The Morgan fingerprint density at radius 1 is 1.16 bits per heavy atom. The van der Waals surface area contributed by atoms with E-state index in [2.05, 4.69) is 15.3 Å². The van der Waals surface area contributed by atoms with Crippen molar-refractivity contribution >= 4 is 11.7 Å². The molecule has 10 nitrogen and oxygen atoms in total. The third-order valence-corrected chi connectivity index (χ3v) is 4.49. The van der Waals surface area contributed by atoms with E-state index in [1.165, 1.54) is 24.3 Å². The normalized spacial score (nSPS) is 11.8. The Morgan fingerprint density at radius 2 is 1.90 bits per heavy atom. The minimum atomic E-state index is -0.768. The lowest BCUT2D eigenvalue weighted by Gasteiger charge is -2.10. The van der Waals surface area contributed by atoms with Crippen molar-refractivity contribution in [2.45, 2.75) is 19.6 Å². The summed E-state index contributed by atoms with van der Waals surface area (Å²) >= 11 is 0. The topological polar surface area (TPSA) is 126 Å². The van der Waals surface area contributed by atoms with Crippen molar-refractivity contribution in [2.24, 2.45) is 0 Å². The number of nitro groups is 1. The number of carbonyl (C=O) groups excluding carboxylic acids is 1. The lowest BCUT2D eigenvalue weighted by molar-refractivity contribution is -0.384. The number of nitrogens with zero attached hydrogens (tertiary/aromatic N) is 5. The first-order valence-corrected chi connectivity index (χ1v) is 9.35. The summed E-state index contributed by atoms with van der Waals surface area (Å²) in [4.78, 5) is 22.7. The van der Waals surface area contributed by atoms with Gasteiger partial charge in [-0.05, 0) is 42.8 Å². The Bertz CT molecular complexity index is 1180. The van der Waals surface area contributed by atoms with E-state index < -0.39 is 17.0 Å². The van der Waals surface area contributed by atoms with Gasteiger partial charge in [-0.15, -0.1) is 10.2 Å². The number of rotatable bonds is 7. The van der Waals surface area contributed by atoms with E-state index >= 15 is 0 Å². The molecule has 31 heavy (non-hydrogen) atoms. The third kappa shape index (κ3) is 4.64. The smallest absolute Gasteiger partial charge is 0.338 e. The van der Waals surface area contributed by atoms with Crippen molar-refractivity contribution < 1.29 is 18.9 Å². The molecule has 0 saturated carbocycles. The van der Waals surface area contributed by atoms with Gasteiger partial charge in [-0.2, -0.15) is 5.10 Å². The van der Waals surface area contributed by atoms with Gasteiger partial charge in [-0.3, -0.25) is 14.8 Å². The first-order chi connectivity index (χ1) is 15.0. The molecule has 156 valence electrons. The number of aromatic nitrogens is 4. The van der Waals surface area contributed by atoms with Crippen LogP contribution >= 0.6 is 0 Å². The number of nitro benzene ring substituents is 1. The van der Waals surface area contributed by atoms with Crippen LogP contribution in [-0.4, -0.2) is 30.9 Å². The van der Waals surface area contributed by atoms with Crippen LogP contribution in [0, 0.1) is 10.1 Å². The molecule has 0 radical (unpaired) electrons. The number of carbonyl (C=O) groups is 1. The summed E-state index contributed by atoms with van der Waals surface area (Å²) in [6.07, 6.45) is 2.80. The van der Waals surface area contributed by atoms with Gasteiger partial charge in [-0.1, -0.05) is 12.1 Å². The molecule has 0 N–H and O–H groups in total. The molecule has 1 unspecified atom stereocenters. The first kappa shape index (κ1) is 20.0. The lowest BCUT2D eigenvalue weighted by Crippen LogP contribution is -2.10. The lowest BCUT2D eigenvalue weighted by atomic mass is 10.1. The molecule has 0 aliphatic heterocycles. The number of non-ortho nitro benzene ring substituents is 1. The number of esters is 1. The SMILES string of the molecule is CC(OC(=O)c1ccc(Cn2cccn2)cc1)c1nnc(-c2ccc([N+](=O)[O-])cc2)o1. The van der Waals surface area contributed by atoms with Gasteiger partial charge in [0.05, 0.1) is 17.0 Å². The third-order valence-electron chi connectivity index (χ3n) is 4.49. The monoisotopic (exact) mass is 419 g/mol. The summed E-state index contributed by atoms with van der Waals surface area (Å²) < 4.78 is 12.8. The van der Waals surface area contributed by atoms with E-state index in [9.17, 15) is 14.9 Å². The number of ether oxygens (including phenoxy) is 1. The van der Waals surface area contributed by atoms with Crippen molar-refractivity contribution in [3.8, 4) is 11.5 Å². The van der Waals surface area contributed by atoms with E-state index in [1.54, 1.807) is 29.9 Å². The van der Waals surface area contributed by atoms with E-state index in [1.807, 2.05) is 24.4 Å². The zero-order valence-corrected chi connectivity index (χ0v) is 16.4. The van der Waals surface area contributed by atoms with Crippen molar-refractivity contribution in [3.63, 3.8) is 0 Å². The first-order valence-electron chi connectivity index (χ1n) is 9.35. The molecule has 0 saturated heterocycles. The van der Waals surface area contributed by atoms with Crippen molar-refractivity contribution in [2.75, 3.05) is 0 Å². The predicted octanol–water partition coefficient (Wildman–Crippen LogP) is 3.81. The van der Waals surface area contributed by atoms with Crippen LogP contribution in [0.15, 0.2) is 71.4 Å². The fourth-order valence-corrected chi connectivity index (χ4v) is 2.85. The van der Waals surface area contributed by atoms with E-state index in [-0.39, 0.29) is 17.5 Å². The summed E-state index contributed by atoms with van der Waals surface area (Å²) in [7, 11) is 0. The second-order valence-corrected chi connectivity index (χ2v) is 6.70. The van der Waals surface area contributed by atoms with Gasteiger partial charge in [0.25, 0.3) is 11.6 Å². The van der Waals surface area contributed by atoms with Gasteiger partial charge in [0.15, 0.2) is 6.10 Å². The average Bonchev–Trinajstić information content (AvgIpc) is 3.46. The zero-order chi connectivity index (χ0) is 21.8. The zero-order valence-electron chi connectivity index (χ0n) is 16.4. The fourth-order valence-electron chi connectivity index (χ4n) is 2.85. The largest absolute Gasteiger partial charge is 0.449 e. The molecule has 0 amide bonds. The molecule has 2 heterocycles. The van der Waals surface area contributed by atoms with Crippen LogP contribution in [0.5, 0.6) is 0 Å².